The van der Waals surface area contributed by atoms with E-state index < -0.39 is 15.9 Å². The molecule has 2 atom stereocenters. The first-order chi connectivity index (χ1) is 10.8. The van der Waals surface area contributed by atoms with Gasteiger partial charge < -0.3 is 11.1 Å². The second kappa shape index (κ2) is 9.59. The molecule has 3 N–H and O–H groups in total. The van der Waals surface area contributed by atoms with Gasteiger partial charge in [0.15, 0.2) is 0 Å². The minimum Gasteiger partial charge on any atom is -0.353 e. The van der Waals surface area contributed by atoms with Gasteiger partial charge in [0.1, 0.15) is 9.84 Å². The molecule has 0 saturated carbocycles. The van der Waals surface area contributed by atoms with Crippen LogP contribution in [0, 0.1) is 5.92 Å². The second-order valence-corrected chi connectivity index (χ2v) is 8.92. The van der Waals surface area contributed by atoms with E-state index in [0.717, 1.165) is 32.2 Å². The minimum absolute atomic E-state index is 0.0519. The first kappa shape index (κ1) is 20.4. The Labute approximate surface area is 141 Å². The molecule has 0 spiro atoms. The maximum Gasteiger partial charge on any atom is 0.237 e. The number of carbonyl (C=O) groups is 1. The summed E-state index contributed by atoms with van der Waals surface area (Å²) in [6, 6.07) is -0.413. The molecular formula is C16H33N3O3S. The van der Waals surface area contributed by atoms with E-state index in [1.54, 1.807) is 0 Å². The van der Waals surface area contributed by atoms with Crippen molar-refractivity contribution in [2.24, 2.45) is 11.7 Å². The Bertz CT molecular complexity index is 455. The van der Waals surface area contributed by atoms with Gasteiger partial charge in [0.2, 0.25) is 5.91 Å². The molecule has 1 fully saturated rings. The SMILES string of the molecule is CCC(CC)C(CNC(=O)C(N)CCS(C)(=O)=O)N1CCCC1. The summed E-state index contributed by atoms with van der Waals surface area (Å²) in [5.74, 6) is 0.258. The highest BCUT2D eigenvalue weighted by molar-refractivity contribution is 7.90. The van der Waals surface area contributed by atoms with Gasteiger partial charge in [-0.15, -0.1) is 0 Å². The molecule has 0 aromatic carbocycles. The molecule has 23 heavy (non-hydrogen) atoms. The molecule has 6 nitrogen and oxygen atoms in total. The van der Waals surface area contributed by atoms with Crippen molar-refractivity contribution >= 4 is 15.7 Å². The van der Waals surface area contributed by atoms with Crippen LogP contribution in [0.3, 0.4) is 0 Å². The number of nitrogens with zero attached hydrogens (tertiary/aromatic N) is 1. The average Bonchev–Trinajstić information content (AvgIpc) is 3.01. The summed E-state index contributed by atoms with van der Waals surface area (Å²) in [6.07, 6.45) is 5.95. The van der Waals surface area contributed by atoms with Crippen molar-refractivity contribution in [3.63, 3.8) is 0 Å². The lowest BCUT2D eigenvalue weighted by Crippen LogP contribution is -2.50. The first-order valence-corrected chi connectivity index (χ1v) is 10.8. The number of hydrogen-bond acceptors (Lipinski definition) is 5. The van der Waals surface area contributed by atoms with Crippen LogP contribution in [0.1, 0.15) is 46.0 Å². The quantitative estimate of drug-likeness (QED) is 0.609. The van der Waals surface area contributed by atoms with Crippen molar-refractivity contribution in [1.29, 1.82) is 0 Å². The maximum absolute atomic E-state index is 12.1. The molecule has 1 aliphatic heterocycles. The van der Waals surface area contributed by atoms with E-state index in [9.17, 15) is 13.2 Å². The van der Waals surface area contributed by atoms with Crippen LogP contribution in [0.2, 0.25) is 0 Å². The molecule has 0 aromatic rings. The Morgan fingerprint density at radius 1 is 1.22 bits per heavy atom. The van der Waals surface area contributed by atoms with Gasteiger partial charge in [-0.2, -0.15) is 0 Å². The van der Waals surface area contributed by atoms with Gasteiger partial charge in [-0.25, -0.2) is 8.42 Å². The van der Waals surface area contributed by atoms with Gasteiger partial charge in [-0.3, -0.25) is 9.69 Å². The number of sulfone groups is 1. The maximum atomic E-state index is 12.1. The van der Waals surface area contributed by atoms with Crippen molar-refractivity contribution in [2.45, 2.75) is 58.0 Å². The standard InChI is InChI=1S/C16H33N3O3S/c1-4-13(5-2)15(19-9-6-7-10-19)12-18-16(20)14(17)8-11-23(3,21)22/h13-15H,4-12,17H2,1-3H3,(H,18,20). The normalized spacial score (nSPS) is 19.0. The summed E-state index contributed by atoms with van der Waals surface area (Å²) < 4.78 is 22.3. The van der Waals surface area contributed by atoms with E-state index in [-0.39, 0.29) is 18.1 Å². The fourth-order valence-electron chi connectivity index (χ4n) is 3.31. The van der Waals surface area contributed by atoms with Gasteiger partial charge in [0, 0.05) is 18.8 Å². The number of nitrogens with two attached hydrogens (primary N) is 1. The van der Waals surface area contributed by atoms with E-state index in [1.807, 2.05) is 0 Å². The highest BCUT2D eigenvalue weighted by atomic mass is 32.2. The summed E-state index contributed by atoms with van der Waals surface area (Å²) in [7, 11) is -3.09. The minimum atomic E-state index is -3.09. The number of amides is 1. The third-order valence-electron chi connectivity index (χ3n) is 4.82. The smallest absolute Gasteiger partial charge is 0.237 e. The third-order valence-corrected chi connectivity index (χ3v) is 5.80. The summed E-state index contributed by atoms with van der Waals surface area (Å²) >= 11 is 0. The number of hydrogen-bond donors (Lipinski definition) is 2. The zero-order valence-electron chi connectivity index (χ0n) is 14.8. The summed E-state index contributed by atoms with van der Waals surface area (Å²) in [6.45, 7) is 7.17. The number of likely N-dealkylation sites (tertiary alicyclic amines) is 1. The van der Waals surface area contributed by atoms with E-state index in [1.165, 1.54) is 12.8 Å². The van der Waals surface area contributed by atoms with Crippen molar-refractivity contribution in [3.05, 3.63) is 0 Å². The molecule has 2 unspecified atom stereocenters. The van der Waals surface area contributed by atoms with Crippen LogP contribution >= 0.6 is 0 Å². The predicted molar refractivity (Wildman–Crippen MR) is 94.0 cm³/mol. The number of nitrogens with one attached hydrogen (secondary N) is 1. The van der Waals surface area contributed by atoms with Crippen LogP contribution in [0.25, 0.3) is 0 Å². The largest absolute Gasteiger partial charge is 0.353 e. The predicted octanol–water partition coefficient (Wildman–Crippen LogP) is 0.765. The van der Waals surface area contributed by atoms with E-state index >= 15 is 0 Å². The Kier molecular flexibility index (Phi) is 8.50. The van der Waals surface area contributed by atoms with Crippen LogP contribution in [-0.4, -0.2) is 63.0 Å². The zero-order valence-corrected chi connectivity index (χ0v) is 15.6. The highest BCUT2D eigenvalue weighted by Crippen LogP contribution is 2.22. The van der Waals surface area contributed by atoms with Crippen molar-refractivity contribution in [1.82, 2.24) is 10.2 Å². The van der Waals surface area contributed by atoms with E-state index in [0.29, 0.717) is 18.5 Å². The first-order valence-electron chi connectivity index (χ1n) is 8.73. The van der Waals surface area contributed by atoms with Crippen molar-refractivity contribution < 1.29 is 13.2 Å². The molecule has 1 aliphatic rings. The topological polar surface area (TPSA) is 92.5 Å². The Balaban J connectivity index is 2.54. The van der Waals surface area contributed by atoms with Crippen molar-refractivity contribution in [2.75, 3.05) is 31.6 Å². The Hall–Kier alpha value is -0.660. The molecule has 1 amide bonds. The monoisotopic (exact) mass is 347 g/mol. The van der Waals surface area contributed by atoms with Crippen LogP contribution in [-0.2, 0) is 14.6 Å². The lowest BCUT2D eigenvalue weighted by Gasteiger charge is -2.34. The number of rotatable bonds is 10. The molecule has 7 heteroatoms. The highest BCUT2D eigenvalue weighted by Gasteiger charge is 2.28. The number of carbonyl (C=O) groups excluding carboxylic acids is 1. The summed E-state index contributed by atoms with van der Waals surface area (Å²) in [5.41, 5.74) is 5.82. The van der Waals surface area contributed by atoms with E-state index in [4.69, 9.17) is 5.73 Å². The Morgan fingerprint density at radius 3 is 2.26 bits per heavy atom. The lowest BCUT2D eigenvalue weighted by molar-refractivity contribution is -0.122. The van der Waals surface area contributed by atoms with Crippen LogP contribution in [0.5, 0.6) is 0 Å². The fourth-order valence-corrected chi connectivity index (χ4v) is 3.99. The fraction of sp³-hybridized carbons (Fsp3) is 0.938. The molecule has 0 bridgehead atoms. The molecule has 136 valence electrons. The van der Waals surface area contributed by atoms with Crippen LogP contribution in [0.15, 0.2) is 0 Å². The summed E-state index contributed by atoms with van der Waals surface area (Å²) in [5, 5.41) is 2.94. The Morgan fingerprint density at radius 2 is 1.78 bits per heavy atom. The van der Waals surface area contributed by atoms with Gasteiger partial charge in [0.25, 0.3) is 0 Å². The molecular weight excluding hydrogens is 314 g/mol. The molecule has 0 aromatic heterocycles. The molecule has 0 aliphatic carbocycles. The molecule has 0 radical (unpaired) electrons. The lowest BCUT2D eigenvalue weighted by atomic mass is 9.93. The van der Waals surface area contributed by atoms with Gasteiger partial charge in [-0.05, 0) is 38.3 Å². The van der Waals surface area contributed by atoms with Crippen LogP contribution in [0.4, 0.5) is 0 Å². The second-order valence-electron chi connectivity index (χ2n) is 6.66. The van der Waals surface area contributed by atoms with Gasteiger partial charge in [0.05, 0.1) is 11.8 Å². The molecule has 1 saturated heterocycles. The molecule has 1 rings (SSSR count). The van der Waals surface area contributed by atoms with Gasteiger partial charge in [-0.1, -0.05) is 26.7 Å². The molecule has 1 heterocycles. The van der Waals surface area contributed by atoms with Crippen LogP contribution < -0.4 is 11.1 Å². The van der Waals surface area contributed by atoms with Gasteiger partial charge >= 0.3 is 0 Å². The summed E-state index contributed by atoms with van der Waals surface area (Å²) in [4.78, 5) is 14.6. The average molecular weight is 348 g/mol. The third kappa shape index (κ3) is 7.18. The zero-order chi connectivity index (χ0) is 17.5. The van der Waals surface area contributed by atoms with E-state index in [2.05, 4.69) is 24.1 Å². The van der Waals surface area contributed by atoms with Crippen molar-refractivity contribution in [3.8, 4) is 0 Å².